The minimum Gasteiger partial charge on any atom is -0.490 e. The Morgan fingerprint density at radius 2 is 1.86 bits per heavy atom. The van der Waals surface area contributed by atoms with Crippen molar-refractivity contribution < 1.29 is 19.2 Å². The third-order valence-corrected chi connectivity index (χ3v) is 5.74. The van der Waals surface area contributed by atoms with Gasteiger partial charge in [0.25, 0.3) is 11.6 Å². The molecule has 0 radical (unpaired) electrons. The number of amides is 1. The van der Waals surface area contributed by atoms with Crippen LogP contribution in [0.3, 0.4) is 0 Å². The molecule has 1 amide bonds. The topological polar surface area (TPSA) is 114 Å². The molecule has 0 saturated carbocycles. The van der Waals surface area contributed by atoms with Crippen LogP contribution in [0.15, 0.2) is 60.2 Å². The summed E-state index contributed by atoms with van der Waals surface area (Å²) >= 11 is 12.6. The van der Waals surface area contributed by atoms with Crippen molar-refractivity contribution in [2.45, 2.75) is 20.5 Å². The first-order valence-electron chi connectivity index (χ1n) is 10.7. The van der Waals surface area contributed by atoms with Gasteiger partial charge in [0.05, 0.1) is 16.6 Å². The molecule has 0 unspecified atom stereocenters. The van der Waals surface area contributed by atoms with Crippen LogP contribution in [0.2, 0.25) is 10.0 Å². The number of halogens is 2. The summed E-state index contributed by atoms with van der Waals surface area (Å²) in [5.41, 5.74) is 2.17. The van der Waals surface area contributed by atoms with Gasteiger partial charge in [-0.05, 0) is 73.0 Å². The van der Waals surface area contributed by atoms with E-state index in [4.69, 9.17) is 32.7 Å². The van der Waals surface area contributed by atoms with Crippen LogP contribution in [0.25, 0.3) is 6.08 Å². The lowest BCUT2D eigenvalue weighted by Crippen LogP contribution is -2.14. The lowest BCUT2D eigenvalue weighted by molar-refractivity contribution is -0.384. The Morgan fingerprint density at radius 3 is 2.50 bits per heavy atom. The summed E-state index contributed by atoms with van der Waals surface area (Å²) in [7, 11) is 0. The smallest absolute Gasteiger partial charge is 0.269 e. The zero-order valence-corrected chi connectivity index (χ0v) is 20.9. The molecule has 0 aromatic heterocycles. The fourth-order valence-corrected chi connectivity index (χ4v) is 3.64. The van der Waals surface area contributed by atoms with E-state index < -0.39 is 10.8 Å². The maximum absolute atomic E-state index is 12.7. The van der Waals surface area contributed by atoms with Gasteiger partial charge in [-0.15, -0.1) is 0 Å². The molecule has 8 nitrogen and oxygen atoms in total. The lowest BCUT2D eigenvalue weighted by Gasteiger charge is -2.15. The summed E-state index contributed by atoms with van der Waals surface area (Å²) in [6.45, 7) is 3.96. The SMILES string of the molecule is CCOc1cc(/C=C(\C#N)C(=O)Nc2cccc(Cl)c2C)cc(Cl)c1OCc1ccc([N+](=O)[O-])cc1. The molecule has 0 saturated heterocycles. The van der Waals surface area contributed by atoms with Gasteiger partial charge in [0.15, 0.2) is 11.5 Å². The van der Waals surface area contributed by atoms with Crippen LogP contribution in [-0.2, 0) is 11.4 Å². The van der Waals surface area contributed by atoms with Crippen LogP contribution in [0, 0.1) is 28.4 Å². The number of nitro benzene ring substituents is 1. The van der Waals surface area contributed by atoms with E-state index in [1.54, 1.807) is 56.3 Å². The third kappa shape index (κ3) is 6.54. The zero-order chi connectivity index (χ0) is 26.2. The first kappa shape index (κ1) is 26.5. The number of non-ortho nitro benzene ring substituents is 1. The van der Waals surface area contributed by atoms with E-state index in [9.17, 15) is 20.2 Å². The van der Waals surface area contributed by atoms with Crippen LogP contribution in [0.4, 0.5) is 11.4 Å². The Bertz CT molecular complexity index is 1370. The molecule has 0 heterocycles. The molecule has 0 aliphatic heterocycles. The Morgan fingerprint density at radius 1 is 1.14 bits per heavy atom. The maximum Gasteiger partial charge on any atom is 0.269 e. The van der Waals surface area contributed by atoms with Gasteiger partial charge in [-0.25, -0.2) is 0 Å². The predicted molar refractivity (Wildman–Crippen MR) is 138 cm³/mol. The largest absolute Gasteiger partial charge is 0.490 e. The summed E-state index contributed by atoms with van der Waals surface area (Å²) in [5, 5.41) is 23.8. The minimum atomic E-state index is -0.601. The van der Waals surface area contributed by atoms with Crippen molar-refractivity contribution >= 4 is 46.6 Å². The number of rotatable bonds is 9. The number of benzene rings is 3. The highest BCUT2D eigenvalue weighted by Crippen LogP contribution is 2.38. The Labute approximate surface area is 217 Å². The molecule has 0 bridgehead atoms. The summed E-state index contributed by atoms with van der Waals surface area (Å²) < 4.78 is 11.5. The standard InChI is InChI=1S/C26H21Cl2N3O5/c1-3-35-24-13-18(11-19(14-29)26(32)30-23-6-4-5-21(27)16(23)2)12-22(28)25(24)36-15-17-7-9-20(10-8-17)31(33)34/h4-13H,3,15H2,1-2H3,(H,30,32)/b19-11+. The second-order valence-electron chi connectivity index (χ2n) is 7.51. The molecule has 184 valence electrons. The zero-order valence-electron chi connectivity index (χ0n) is 19.4. The van der Waals surface area contributed by atoms with Crippen molar-refractivity contribution in [3.8, 4) is 17.6 Å². The molecule has 0 atom stereocenters. The fourth-order valence-electron chi connectivity index (χ4n) is 3.19. The maximum atomic E-state index is 12.7. The van der Waals surface area contributed by atoms with Crippen molar-refractivity contribution in [2.24, 2.45) is 0 Å². The second-order valence-corrected chi connectivity index (χ2v) is 8.33. The number of carbonyl (C=O) groups excluding carboxylic acids is 1. The van der Waals surface area contributed by atoms with E-state index in [0.717, 1.165) is 0 Å². The second kappa shape index (κ2) is 12.1. The highest BCUT2D eigenvalue weighted by molar-refractivity contribution is 6.32. The van der Waals surface area contributed by atoms with Gasteiger partial charge < -0.3 is 14.8 Å². The number of hydrogen-bond acceptors (Lipinski definition) is 6. The van der Waals surface area contributed by atoms with Gasteiger partial charge in [-0.1, -0.05) is 29.3 Å². The number of nitriles is 1. The average Bonchev–Trinajstić information content (AvgIpc) is 2.85. The molecule has 36 heavy (non-hydrogen) atoms. The quantitative estimate of drug-likeness (QED) is 0.143. The van der Waals surface area contributed by atoms with E-state index >= 15 is 0 Å². The van der Waals surface area contributed by atoms with Crippen LogP contribution in [0.5, 0.6) is 11.5 Å². The molecule has 3 rings (SSSR count). The molecular weight excluding hydrogens is 505 g/mol. The van der Waals surface area contributed by atoms with E-state index in [2.05, 4.69) is 5.32 Å². The Hall–Kier alpha value is -4.06. The number of ether oxygens (including phenoxy) is 2. The Kier molecular flexibility index (Phi) is 8.90. The van der Waals surface area contributed by atoms with E-state index in [0.29, 0.717) is 39.8 Å². The fraction of sp³-hybridized carbons (Fsp3) is 0.154. The number of nitrogens with zero attached hydrogens (tertiary/aromatic N) is 2. The summed E-state index contributed by atoms with van der Waals surface area (Å²) in [5.74, 6) is -0.0106. The highest BCUT2D eigenvalue weighted by atomic mass is 35.5. The molecular formula is C26H21Cl2N3O5. The molecule has 0 aliphatic carbocycles. The molecule has 3 aromatic carbocycles. The first-order valence-corrected chi connectivity index (χ1v) is 11.5. The van der Waals surface area contributed by atoms with Crippen molar-refractivity contribution in [3.63, 3.8) is 0 Å². The number of carbonyl (C=O) groups is 1. The molecule has 0 spiro atoms. The molecule has 3 aromatic rings. The van der Waals surface area contributed by atoms with E-state index in [1.807, 2.05) is 6.07 Å². The molecule has 0 aliphatic rings. The van der Waals surface area contributed by atoms with Gasteiger partial charge in [0.1, 0.15) is 18.2 Å². The van der Waals surface area contributed by atoms with Gasteiger partial charge in [0, 0.05) is 22.8 Å². The first-order chi connectivity index (χ1) is 17.2. The Balaban J connectivity index is 1.84. The van der Waals surface area contributed by atoms with Gasteiger partial charge in [0.2, 0.25) is 0 Å². The normalized spacial score (nSPS) is 10.9. The minimum absolute atomic E-state index is 0.0224. The summed E-state index contributed by atoms with van der Waals surface area (Å²) in [6.07, 6.45) is 1.39. The monoisotopic (exact) mass is 525 g/mol. The summed E-state index contributed by atoms with van der Waals surface area (Å²) in [4.78, 5) is 23.1. The third-order valence-electron chi connectivity index (χ3n) is 5.05. The molecule has 0 fully saturated rings. The van der Waals surface area contributed by atoms with Crippen LogP contribution >= 0.6 is 23.2 Å². The van der Waals surface area contributed by atoms with Crippen LogP contribution in [-0.4, -0.2) is 17.4 Å². The lowest BCUT2D eigenvalue weighted by atomic mass is 10.1. The van der Waals surface area contributed by atoms with E-state index in [-0.39, 0.29) is 28.6 Å². The molecule has 10 heteroatoms. The van der Waals surface area contributed by atoms with Crippen LogP contribution < -0.4 is 14.8 Å². The van der Waals surface area contributed by atoms with Crippen LogP contribution in [0.1, 0.15) is 23.6 Å². The summed E-state index contributed by atoms with van der Waals surface area (Å²) in [6, 6.07) is 16.1. The number of nitrogens with one attached hydrogen (secondary N) is 1. The van der Waals surface area contributed by atoms with E-state index in [1.165, 1.54) is 18.2 Å². The number of hydrogen-bond donors (Lipinski definition) is 1. The van der Waals surface area contributed by atoms with Crippen molar-refractivity contribution in [3.05, 3.63) is 97.0 Å². The average molecular weight is 526 g/mol. The number of nitro groups is 1. The predicted octanol–water partition coefficient (Wildman–Crippen LogP) is 6.73. The van der Waals surface area contributed by atoms with Crippen molar-refractivity contribution in [1.29, 1.82) is 5.26 Å². The molecule has 1 N–H and O–H groups in total. The highest BCUT2D eigenvalue weighted by Gasteiger charge is 2.16. The van der Waals surface area contributed by atoms with Gasteiger partial charge >= 0.3 is 0 Å². The number of anilines is 1. The van der Waals surface area contributed by atoms with Gasteiger partial charge in [-0.3, -0.25) is 14.9 Å². The van der Waals surface area contributed by atoms with Gasteiger partial charge in [-0.2, -0.15) is 5.26 Å². The van der Waals surface area contributed by atoms with Crippen molar-refractivity contribution in [2.75, 3.05) is 11.9 Å². The van der Waals surface area contributed by atoms with Crippen molar-refractivity contribution in [1.82, 2.24) is 0 Å².